The summed E-state index contributed by atoms with van der Waals surface area (Å²) in [6, 6.07) is 7.57. The third-order valence-electron chi connectivity index (χ3n) is 4.05. The molecule has 1 fully saturated rings. The summed E-state index contributed by atoms with van der Waals surface area (Å²) in [4.78, 5) is 14.0. The third-order valence-corrected chi connectivity index (χ3v) is 4.05. The van der Waals surface area contributed by atoms with Crippen LogP contribution in [0.3, 0.4) is 0 Å². The van der Waals surface area contributed by atoms with Gasteiger partial charge in [-0.25, -0.2) is 0 Å². The summed E-state index contributed by atoms with van der Waals surface area (Å²) in [6.07, 6.45) is 2.85. The molecule has 1 aliphatic rings. The molecule has 0 saturated carbocycles. The summed E-state index contributed by atoms with van der Waals surface area (Å²) >= 11 is 0. The number of rotatable bonds is 4. The number of nitrogens with zero attached hydrogens (tertiary/aromatic N) is 1. The quantitative estimate of drug-likeness (QED) is 0.807. The van der Waals surface area contributed by atoms with E-state index in [1.165, 1.54) is 0 Å². The lowest BCUT2D eigenvalue weighted by Crippen LogP contribution is -2.35. The summed E-state index contributed by atoms with van der Waals surface area (Å²) in [5.41, 5.74) is 0.738. The van der Waals surface area contributed by atoms with E-state index >= 15 is 0 Å². The molecular weight excluding hydrogens is 266 g/mol. The highest BCUT2D eigenvalue weighted by atomic mass is 16.5. The van der Waals surface area contributed by atoms with Crippen molar-refractivity contribution in [1.82, 2.24) is 4.90 Å². The van der Waals surface area contributed by atoms with Crippen LogP contribution in [0.5, 0.6) is 5.75 Å². The van der Waals surface area contributed by atoms with Crippen molar-refractivity contribution in [3.63, 3.8) is 0 Å². The Morgan fingerprint density at radius 3 is 2.81 bits per heavy atom. The zero-order valence-corrected chi connectivity index (χ0v) is 12.6. The molecule has 0 unspecified atom stereocenters. The van der Waals surface area contributed by atoms with Crippen LogP contribution in [0.1, 0.15) is 36.7 Å². The van der Waals surface area contributed by atoms with Gasteiger partial charge in [0.15, 0.2) is 11.5 Å². The summed E-state index contributed by atoms with van der Waals surface area (Å²) in [5.74, 6) is 1.32. The van der Waals surface area contributed by atoms with E-state index in [2.05, 4.69) is 11.9 Å². The number of furan rings is 1. The second kappa shape index (κ2) is 5.90. The molecule has 1 saturated heterocycles. The SMILES string of the molecule is CCC(=O)c1cc2cc(OC3CCN(C)CC3)ccc2o1. The lowest BCUT2D eigenvalue weighted by atomic mass is 10.1. The first kappa shape index (κ1) is 14.1. The number of Topliss-reactive ketones (excluding diaryl/α,β-unsaturated/α-hetero) is 1. The van der Waals surface area contributed by atoms with Crippen molar-refractivity contribution in [3.8, 4) is 5.75 Å². The second-order valence-electron chi connectivity index (χ2n) is 5.71. The van der Waals surface area contributed by atoms with E-state index in [-0.39, 0.29) is 11.9 Å². The van der Waals surface area contributed by atoms with Crippen LogP contribution in [0.25, 0.3) is 11.0 Å². The molecule has 0 bridgehead atoms. The van der Waals surface area contributed by atoms with Crippen molar-refractivity contribution >= 4 is 16.8 Å². The Morgan fingerprint density at radius 2 is 2.10 bits per heavy atom. The number of ketones is 1. The van der Waals surface area contributed by atoms with Crippen molar-refractivity contribution in [2.75, 3.05) is 20.1 Å². The van der Waals surface area contributed by atoms with Crippen molar-refractivity contribution in [3.05, 3.63) is 30.0 Å². The van der Waals surface area contributed by atoms with Gasteiger partial charge in [-0.2, -0.15) is 0 Å². The minimum Gasteiger partial charge on any atom is -0.490 e. The van der Waals surface area contributed by atoms with Gasteiger partial charge < -0.3 is 14.1 Å². The van der Waals surface area contributed by atoms with Gasteiger partial charge in [-0.1, -0.05) is 6.92 Å². The highest BCUT2D eigenvalue weighted by Gasteiger charge is 2.18. The molecule has 0 aliphatic carbocycles. The summed E-state index contributed by atoms with van der Waals surface area (Å²) < 4.78 is 11.6. The van der Waals surface area contributed by atoms with Gasteiger partial charge in [0, 0.05) is 24.9 Å². The van der Waals surface area contributed by atoms with E-state index in [0.29, 0.717) is 12.2 Å². The standard InChI is InChI=1S/C17H21NO3/c1-3-15(19)17-11-12-10-14(4-5-16(12)21-17)20-13-6-8-18(2)9-7-13/h4-5,10-11,13H,3,6-9H2,1-2H3. The number of hydrogen-bond acceptors (Lipinski definition) is 4. The number of likely N-dealkylation sites (tertiary alicyclic amines) is 1. The van der Waals surface area contributed by atoms with E-state index in [1.807, 2.05) is 31.2 Å². The van der Waals surface area contributed by atoms with Crippen LogP contribution in [-0.4, -0.2) is 36.9 Å². The van der Waals surface area contributed by atoms with Gasteiger partial charge in [0.1, 0.15) is 17.4 Å². The maximum absolute atomic E-state index is 11.7. The molecule has 2 heterocycles. The van der Waals surface area contributed by atoms with Crippen LogP contribution in [0, 0.1) is 0 Å². The second-order valence-corrected chi connectivity index (χ2v) is 5.71. The summed E-state index contributed by atoms with van der Waals surface area (Å²) in [6.45, 7) is 3.99. The molecule has 4 nitrogen and oxygen atoms in total. The van der Waals surface area contributed by atoms with Crippen LogP contribution in [0.15, 0.2) is 28.7 Å². The van der Waals surface area contributed by atoms with Crippen molar-refractivity contribution in [2.45, 2.75) is 32.3 Å². The first-order valence-electron chi connectivity index (χ1n) is 7.57. The lowest BCUT2D eigenvalue weighted by Gasteiger charge is -2.29. The first-order chi connectivity index (χ1) is 10.2. The van der Waals surface area contributed by atoms with Crippen LogP contribution in [-0.2, 0) is 0 Å². The highest BCUT2D eigenvalue weighted by Crippen LogP contribution is 2.26. The van der Waals surface area contributed by atoms with Crippen molar-refractivity contribution in [2.24, 2.45) is 0 Å². The van der Waals surface area contributed by atoms with E-state index in [0.717, 1.165) is 42.6 Å². The largest absolute Gasteiger partial charge is 0.490 e. The molecule has 1 aliphatic heterocycles. The van der Waals surface area contributed by atoms with Crippen LogP contribution >= 0.6 is 0 Å². The number of hydrogen-bond donors (Lipinski definition) is 0. The zero-order valence-electron chi connectivity index (χ0n) is 12.6. The molecule has 0 radical (unpaired) electrons. The normalized spacial score (nSPS) is 17.2. The number of carbonyl (C=O) groups excluding carboxylic acids is 1. The van der Waals surface area contributed by atoms with Crippen LogP contribution in [0.2, 0.25) is 0 Å². The Bertz CT molecular complexity index is 639. The zero-order chi connectivity index (χ0) is 14.8. The molecule has 4 heteroatoms. The maximum Gasteiger partial charge on any atom is 0.197 e. The fraction of sp³-hybridized carbons (Fsp3) is 0.471. The first-order valence-corrected chi connectivity index (χ1v) is 7.57. The molecule has 2 aromatic rings. The number of fused-ring (bicyclic) bond motifs is 1. The number of carbonyl (C=O) groups is 1. The number of piperidine rings is 1. The van der Waals surface area contributed by atoms with Crippen molar-refractivity contribution < 1.29 is 13.9 Å². The molecule has 112 valence electrons. The fourth-order valence-corrected chi connectivity index (χ4v) is 2.70. The van der Waals surface area contributed by atoms with E-state index in [4.69, 9.17) is 9.15 Å². The predicted molar refractivity (Wildman–Crippen MR) is 82.0 cm³/mol. The Morgan fingerprint density at radius 1 is 1.33 bits per heavy atom. The minimum atomic E-state index is 0.0315. The summed E-state index contributed by atoms with van der Waals surface area (Å²) in [7, 11) is 2.14. The summed E-state index contributed by atoms with van der Waals surface area (Å²) in [5, 5.41) is 0.928. The topological polar surface area (TPSA) is 42.7 Å². The average molecular weight is 287 g/mol. The minimum absolute atomic E-state index is 0.0315. The van der Waals surface area contributed by atoms with E-state index < -0.39 is 0 Å². The smallest absolute Gasteiger partial charge is 0.197 e. The van der Waals surface area contributed by atoms with E-state index in [9.17, 15) is 4.79 Å². The Kier molecular flexibility index (Phi) is 3.97. The van der Waals surface area contributed by atoms with Crippen LogP contribution in [0.4, 0.5) is 0 Å². The molecule has 1 aromatic carbocycles. The van der Waals surface area contributed by atoms with Crippen molar-refractivity contribution in [1.29, 1.82) is 0 Å². The highest BCUT2D eigenvalue weighted by molar-refractivity contribution is 5.97. The molecule has 0 atom stereocenters. The Hall–Kier alpha value is -1.81. The van der Waals surface area contributed by atoms with Gasteiger partial charge >= 0.3 is 0 Å². The number of benzene rings is 1. The monoisotopic (exact) mass is 287 g/mol. The molecular formula is C17H21NO3. The maximum atomic E-state index is 11.7. The number of ether oxygens (including phenoxy) is 1. The molecule has 21 heavy (non-hydrogen) atoms. The fourth-order valence-electron chi connectivity index (χ4n) is 2.70. The van der Waals surface area contributed by atoms with Gasteiger partial charge in [-0.05, 0) is 44.2 Å². The lowest BCUT2D eigenvalue weighted by molar-refractivity contribution is 0.0963. The predicted octanol–water partition coefficient (Wildman–Crippen LogP) is 3.50. The average Bonchev–Trinajstić information content (AvgIpc) is 2.92. The molecule has 3 rings (SSSR count). The van der Waals surface area contributed by atoms with Gasteiger partial charge in [0.25, 0.3) is 0 Å². The molecule has 0 amide bonds. The molecule has 0 N–H and O–H groups in total. The Balaban J connectivity index is 1.76. The van der Waals surface area contributed by atoms with Gasteiger partial charge in [0.2, 0.25) is 0 Å². The Labute approximate surface area is 124 Å². The van der Waals surface area contributed by atoms with Gasteiger partial charge in [-0.15, -0.1) is 0 Å². The third kappa shape index (κ3) is 3.10. The van der Waals surface area contributed by atoms with Crippen LogP contribution < -0.4 is 4.74 Å². The van der Waals surface area contributed by atoms with Gasteiger partial charge in [-0.3, -0.25) is 4.79 Å². The molecule has 0 spiro atoms. The van der Waals surface area contributed by atoms with E-state index in [1.54, 1.807) is 0 Å². The van der Waals surface area contributed by atoms with Gasteiger partial charge in [0.05, 0.1) is 0 Å². The molecule has 1 aromatic heterocycles.